The molecule has 4 nitrogen and oxygen atoms in total. The Morgan fingerprint density at radius 3 is 3.08 bits per heavy atom. The smallest absolute Gasteiger partial charge is 0.256 e. The van der Waals surface area contributed by atoms with Crippen LogP contribution in [-0.4, -0.2) is 29.4 Å². The van der Waals surface area contributed by atoms with Crippen molar-refractivity contribution in [1.29, 1.82) is 0 Å². The SMILES string of the molecule is Cc1nc2ccc(NC(=O)c3ccccc3SCC3CCCO3)cc2s1. The minimum atomic E-state index is -0.0824. The summed E-state index contributed by atoms with van der Waals surface area (Å²) in [6.45, 7) is 2.84. The summed E-state index contributed by atoms with van der Waals surface area (Å²) in [5.41, 5.74) is 2.47. The molecular weight excluding hydrogens is 364 g/mol. The zero-order valence-electron chi connectivity index (χ0n) is 14.5. The van der Waals surface area contributed by atoms with Crippen LogP contribution in [0.5, 0.6) is 0 Å². The van der Waals surface area contributed by atoms with Crippen LogP contribution in [0.4, 0.5) is 5.69 Å². The molecule has 134 valence electrons. The molecule has 1 fully saturated rings. The van der Waals surface area contributed by atoms with Crippen molar-refractivity contribution in [3.8, 4) is 0 Å². The maximum atomic E-state index is 12.8. The molecule has 1 amide bonds. The molecule has 0 aliphatic carbocycles. The topological polar surface area (TPSA) is 51.2 Å². The van der Waals surface area contributed by atoms with Gasteiger partial charge in [-0.1, -0.05) is 12.1 Å². The largest absolute Gasteiger partial charge is 0.377 e. The van der Waals surface area contributed by atoms with Gasteiger partial charge < -0.3 is 10.1 Å². The normalized spacial score (nSPS) is 16.9. The third-order valence-electron chi connectivity index (χ3n) is 4.33. The molecule has 0 bridgehead atoms. The standard InChI is InChI=1S/C20H20N2O2S2/c1-13-21-17-9-8-14(11-19(17)26-13)22-20(23)16-6-2-3-7-18(16)25-12-15-5-4-10-24-15/h2-3,6-9,11,15H,4-5,10,12H2,1H3,(H,22,23). The molecule has 1 aliphatic heterocycles. The van der Waals surface area contributed by atoms with E-state index < -0.39 is 0 Å². The summed E-state index contributed by atoms with van der Waals surface area (Å²) in [4.78, 5) is 18.3. The highest BCUT2D eigenvalue weighted by Gasteiger charge is 2.18. The fraction of sp³-hybridized carbons (Fsp3) is 0.300. The number of aryl methyl sites for hydroxylation is 1. The Kier molecular flexibility index (Phi) is 5.24. The number of fused-ring (bicyclic) bond motifs is 1. The Morgan fingerprint density at radius 1 is 1.35 bits per heavy atom. The zero-order valence-corrected chi connectivity index (χ0v) is 16.2. The predicted molar refractivity (Wildman–Crippen MR) is 108 cm³/mol. The Balaban J connectivity index is 1.49. The Labute approximate surface area is 161 Å². The lowest BCUT2D eigenvalue weighted by molar-refractivity contribution is 0.102. The third kappa shape index (κ3) is 3.92. The van der Waals surface area contributed by atoms with E-state index in [9.17, 15) is 4.79 Å². The molecule has 1 aliphatic rings. The number of benzene rings is 2. The van der Waals surface area contributed by atoms with Gasteiger partial charge in [0.15, 0.2) is 0 Å². The Bertz CT molecular complexity index is 932. The van der Waals surface area contributed by atoms with E-state index in [0.717, 1.165) is 51.0 Å². The number of carbonyl (C=O) groups excluding carboxylic acids is 1. The lowest BCUT2D eigenvalue weighted by Crippen LogP contribution is -2.14. The number of thioether (sulfide) groups is 1. The van der Waals surface area contributed by atoms with Gasteiger partial charge in [0, 0.05) is 22.9 Å². The van der Waals surface area contributed by atoms with Gasteiger partial charge in [0.1, 0.15) is 0 Å². The summed E-state index contributed by atoms with van der Waals surface area (Å²) in [5, 5.41) is 4.05. The second-order valence-electron chi connectivity index (χ2n) is 6.31. The fourth-order valence-corrected chi connectivity index (χ4v) is 5.04. The van der Waals surface area contributed by atoms with Gasteiger partial charge in [0.2, 0.25) is 0 Å². The average molecular weight is 385 g/mol. The van der Waals surface area contributed by atoms with Crippen molar-refractivity contribution in [2.45, 2.75) is 30.8 Å². The number of nitrogens with zero attached hydrogens (tertiary/aromatic N) is 1. The predicted octanol–water partition coefficient (Wildman–Crippen LogP) is 5.13. The third-order valence-corrected chi connectivity index (χ3v) is 6.47. The summed E-state index contributed by atoms with van der Waals surface area (Å²) < 4.78 is 6.77. The van der Waals surface area contributed by atoms with Gasteiger partial charge in [-0.15, -0.1) is 23.1 Å². The average Bonchev–Trinajstić information content (AvgIpc) is 3.28. The molecule has 4 rings (SSSR count). The molecule has 1 saturated heterocycles. The highest BCUT2D eigenvalue weighted by molar-refractivity contribution is 7.99. The molecule has 3 aromatic rings. The monoisotopic (exact) mass is 384 g/mol. The van der Waals surface area contributed by atoms with Crippen LogP contribution in [0.25, 0.3) is 10.2 Å². The number of carbonyl (C=O) groups is 1. The number of hydrogen-bond donors (Lipinski definition) is 1. The van der Waals surface area contributed by atoms with Crippen molar-refractivity contribution in [3.05, 3.63) is 53.0 Å². The van der Waals surface area contributed by atoms with Crippen LogP contribution in [0, 0.1) is 6.92 Å². The molecule has 1 unspecified atom stereocenters. The summed E-state index contributed by atoms with van der Waals surface area (Å²) >= 11 is 3.33. The van der Waals surface area contributed by atoms with Gasteiger partial charge in [-0.2, -0.15) is 0 Å². The molecule has 2 heterocycles. The van der Waals surface area contributed by atoms with Crippen LogP contribution in [-0.2, 0) is 4.74 Å². The molecule has 26 heavy (non-hydrogen) atoms. The van der Waals surface area contributed by atoms with Gasteiger partial charge in [0.05, 0.1) is 26.9 Å². The van der Waals surface area contributed by atoms with Crippen molar-refractivity contribution in [3.63, 3.8) is 0 Å². The first-order chi connectivity index (χ1) is 12.7. The molecule has 0 spiro atoms. The highest BCUT2D eigenvalue weighted by atomic mass is 32.2. The number of ether oxygens (including phenoxy) is 1. The van der Waals surface area contributed by atoms with E-state index in [1.54, 1.807) is 23.1 Å². The fourth-order valence-electron chi connectivity index (χ4n) is 3.05. The quantitative estimate of drug-likeness (QED) is 0.620. The number of hydrogen-bond acceptors (Lipinski definition) is 5. The van der Waals surface area contributed by atoms with Crippen LogP contribution < -0.4 is 5.32 Å². The van der Waals surface area contributed by atoms with Gasteiger partial charge in [-0.25, -0.2) is 4.98 Å². The Morgan fingerprint density at radius 2 is 2.23 bits per heavy atom. The molecule has 1 aromatic heterocycles. The number of amides is 1. The molecule has 0 radical (unpaired) electrons. The van der Waals surface area contributed by atoms with Crippen LogP contribution in [0.1, 0.15) is 28.2 Å². The number of nitrogens with one attached hydrogen (secondary N) is 1. The minimum Gasteiger partial charge on any atom is -0.377 e. The van der Waals surface area contributed by atoms with Crippen molar-refractivity contribution in [2.24, 2.45) is 0 Å². The molecule has 0 saturated carbocycles. The summed E-state index contributed by atoms with van der Waals surface area (Å²) in [5.74, 6) is 0.803. The summed E-state index contributed by atoms with van der Waals surface area (Å²) in [7, 11) is 0. The van der Waals surface area contributed by atoms with E-state index >= 15 is 0 Å². The van der Waals surface area contributed by atoms with Crippen molar-refractivity contribution >= 4 is 44.9 Å². The summed E-state index contributed by atoms with van der Waals surface area (Å²) in [6.07, 6.45) is 2.54. The molecule has 1 N–H and O–H groups in total. The van der Waals surface area contributed by atoms with Crippen molar-refractivity contribution < 1.29 is 9.53 Å². The number of anilines is 1. The van der Waals surface area contributed by atoms with Crippen molar-refractivity contribution in [2.75, 3.05) is 17.7 Å². The second kappa shape index (κ2) is 7.78. The van der Waals surface area contributed by atoms with Gasteiger partial charge in [0.25, 0.3) is 5.91 Å². The Hall–Kier alpha value is -1.89. The first-order valence-electron chi connectivity index (χ1n) is 8.71. The van der Waals surface area contributed by atoms with E-state index in [0.29, 0.717) is 11.7 Å². The second-order valence-corrected chi connectivity index (χ2v) is 8.61. The van der Waals surface area contributed by atoms with Crippen molar-refractivity contribution in [1.82, 2.24) is 4.98 Å². The number of rotatable bonds is 5. The van der Waals surface area contributed by atoms with E-state index in [-0.39, 0.29) is 5.91 Å². The maximum absolute atomic E-state index is 12.8. The lowest BCUT2D eigenvalue weighted by Gasteiger charge is -2.12. The molecule has 1 atom stereocenters. The van der Waals surface area contributed by atoms with Crippen LogP contribution in [0.3, 0.4) is 0 Å². The molecular formula is C20H20N2O2S2. The zero-order chi connectivity index (χ0) is 17.9. The maximum Gasteiger partial charge on any atom is 0.256 e. The number of thiazole rings is 1. The highest BCUT2D eigenvalue weighted by Crippen LogP contribution is 2.28. The van der Waals surface area contributed by atoms with E-state index in [1.807, 2.05) is 49.4 Å². The van der Waals surface area contributed by atoms with E-state index in [1.165, 1.54) is 0 Å². The first kappa shape index (κ1) is 17.5. The lowest BCUT2D eigenvalue weighted by atomic mass is 10.2. The van der Waals surface area contributed by atoms with E-state index in [4.69, 9.17) is 4.74 Å². The number of aromatic nitrogens is 1. The van der Waals surface area contributed by atoms with E-state index in [2.05, 4.69) is 10.3 Å². The van der Waals surface area contributed by atoms with Crippen LogP contribution in [0.15, 0.2) is 47.4 Å². The summed E-state index contributed by atoms with van der Waals surface area (Å²) in [6, 6.07) is 13.6. The van der Waals surface area contributed by atoms with Gasteiger partial charge in [-0.05, 0) is 50.1 Å². The van der Waals surface area contributed by atoms with Gasteiger partial charge in [-0.3, -0.25) is 4.79 Å². The van der Waals surface area contributed by atoms with Crippen LogP contribution >= 0.6 is 23.1 Å². The van der Waals surface area contributed by atoms with Crippen LogP contribution in [0.2, 0.25) is 0 Å². The minimum absolute atomic E-state index is 0.0824. The van der Waals surface area contributed by atoms with Gasteiger partial charge >= 0.3 is 0 Å². The molecule has 2 aromatic carbocycles. The molecule has 6 heteroatoms. The first-order valence-corrected chi connectivity index (χ1v) is 10.5.